The zero-order chi connectivity index (χ0) is 22.9. The Morgan fingerprint density at radius 1 is 1.12 bits per heavy atom. The summed E-state index contributed by atoms with van der Waals surface area (Å²) in [4.78, 5) is 17.3. The van der Waals surface area contributed by atoms with E-state index in [2.05, 4.69) is 4.90 Å². The second-order valence-corrected chi connectivity index (χ2v) is 10.9. The predicted octanol–water partition coefficient (Wildman–Crippen LogP) is 1.56. The molecule has 10 heteroatoms. The van der Waals surface area contributed by atoms with E-state index in [0.717, 1.165) is 32.0 Å². The molecule has 0 spiro atoms. The Balaban J connectivity index is 1.52. The maximum atomic E-state index is 14.7. The van der Waals surface area contributed by atoms with Crippen molar-refractivity contribution >= 4 is 15.9 Å². The molecular formula is C22H32FN3O5S. The molecule has 4 rings (SSSR count). The smallest absolute Gasteiger partial charge is 0.257 e. The minimum absolute atomic E-state index is 0.0288. The Bertz CT molecular complexity index is 927. The summed E-state index contributed by atoms with van der Waals surface area (Å²) in [5, 5.41) is 0. The van der Waals surface area contributed by atoms with E-state index in [1.165, 1.54) is 16.4 Å². The molecule has 178 valence electrons. The molecule has 8 nitrogen and oxygen atoms in total. The highest BCUT2D eigenvalue weighted by atomic mass is 32.2. The van der Waals surface area contributed by atoms with Gasteiger partial charge in [0.05, 0.1) is 35.9 Å². The first-order chi connectivity index (χ1) is 15.3. The van der Waals surface area contributed by atoms with Crippen LogP contribution in [0.4, 0.5) is 4.39 Å². The molecule has 3 aliphatic rings. The van der Waals surface area contributed by atoms with Crippen molar-refractivity contribution in [1.29, 1.82) is 0 Å². The maximum absolute atomic E-state index is 14.7. The van der Waals surface area contributed by atoms with Crippen molar-refractivity contribution in [2.75, 3.05) is 52.5 Å². The van der Waals surface area contributed by atoms with Crippen LogP contribution >= 0.6 is 0 Å². The number of amides is 1. The summed E-state index contributed by atoms with van der Waals surface area (Å²) in [6, 6.07) is 3.47. The van der Waals surface area contributed by atoms with E-state index in [1.54, 1.807) is 4.90 Å². The lowest BCUT2D eigenvalue weighted by Gasteiger charge is -2.38. The van der Waals surface area contributed by atoms with Crippen molar-refractivity contribution in [1.82, 2.24) is 14.1 Å². The highest BCUT2D eigenvalue weighted by Gasteiger charge is 2.35. The lowest BCUT2D eigenvalue weighted by molar-refractivity contribution is -0.0715. The summed E-state index contributed by atoms with van der Waals surface area (Å²) in [6.07, 6.45) is 1.95. The van der Waals surface area contributed by atoms with Gasteiger partial charge in [0.15, 0.2) is 0 Å². The fraction of sp³-hybridized carbons (Fsp3) is 0.682. The zero-order valence-electron chi connectivity index (χ0n) is 18.7. The fourth-order valence-corrected chi connectivity index (χ4v) is 6.38. The molecule has 3 aliphatic heterocycles. The van der Waals surface area contributed by atoms with E-state index < -0.39 is 21.7 Å². The van der Waals surface area contributed by atoms with Crippen LogP contribution in [-0.2, 0) is 19.5 Å². The number of nitrogens with zero attached hydrogens (tertiary/aromatic N) is 3. The number of hydrogen-bond acceptors (Lipinski definition) is 6. The van der Waals surface area contributed by atoms with Gasteiger partial charge in [-0.1, -0.05) is 0 Å². The molecule has 3 heterocycles. The summed E-state index contributed by atoms with van der Waals surface area (Å²) in [7, 11) is -3.81. The van der Waals surface area contributed by atoms with Gasteiger partial charge in [0.25, 0.3) is 5.91 Å². The second kappa shape index (κ2) is 9.72. The fourth-order valence-electron chi connectivity index (χ4n) is 4.94. The number of carbonyl (C=O) groups excluding carboxylic acids is 1. The molecule has 0 aromatic heterocycles. The van der Waals surface area contributed by atoms with E-state index >= 15 is 0 Å². The largest absolute Gasteiger partial charge is 0.379 e. The average molecular weight is 470 g/mol. The van der Waals surface area contributed by atoms with Gasteiger partial charge in [-0.25, -0.2) is 12.8 Å². The Morgan fingerprint density at radius 2 is 1.81 bits per heavy atom. The molecular weight excluding hydrogens is 437 g/mol. The Morgan fingerprint density at radius 3 is 2.50 bits per heavy atom. The summed E-state index contributed by atoms with van der Waals surface area (Å²) in [5.41, 5.74) is -0.185. The minimum Gasteiger partial charge on any atom is -0.379 e. The van der Waals surface area contributed by atoms with E-state index in [4.69, 9.17) is 9.47 Å². The molecule has 1 aromatic rings. The molecule has 0 N–H and O–H groups in total. The van der Waals surface area contributed by atoms with Crippen molar-refractivity contribution in [2.45, 2.75) is 49.8 Å². The van der Waals surface area contributed by atoms with Crippen LogP contribution in [0.3, 0.4) is 0 Å². The molecule has 3 unspecified atom stereocenters. The van der Waals surface area contributed by atoms with Gasteiger partial charge in [0.1, 0.15) is 5.82 Å². The van der Waals surface area contributed by atoms with E-state index in [0.29, 0.717) is 26.3 Å². The van der Waals surface area contributed by atoms with Gasteiger partial charge in [-0.3, -0.25) is 9.69 Å². The normalized spacial score (nSPS) is 28.2. The first kappa shape index (κ1) is 23.6. The Kier molecular flexibility index (Phi) is 7.16. The third kappa shape index (κ3) is 4.99. The first-order valence-corrected chi connectivity index (χ1v) is 12.8. The Hall–Kier alpha value is -1.59. The van der Waals surface area contributed by atoms with Crippen molar-refractivity contribution in [3.05, 3.63) is 29.6 Å². The summed E-state index contributed by atoms with van der Waals surface area (Å²) < 4.78 is 53.0. The van der Waals surface area contributed by atoms with Crippen molar-refractivity contribution < 1.29 is 27.1 Å². The van der Waals surface area contributed by atoms with Crippen molar-refractivity contribution in [3.8, 4) is 0 Å². The SMILES string of the molecule is CC1CN(CC2CCCN2C(=O)c2cc(S(=O)(=O)N3CCOCC3)ccc2F)CC(C)O1. The predicted molar refractivity (Wildman–Crippen MR) is 116 cm³/mol. The van der Waals surface area contributed by atoms with Gasteiger partial charge in [0, 0.05) is 45.3 Å². The van der Waals surface area contributed by atoms with Gasteiger partial charge >= 0.3 is 0 Å². The standard InChI is InChI=1S/C22H32FN3O5S/c1-16-13-24(14-17(2)31-16)15-18-4-3-7-26(18)22(27)20-12-19(5-6-21(20)23)32(28,29)25-8-10-30-11-9-25/h5-6,12,16-18H,3-4,7-11,13-15H2,1-2H3. The third-order valence-electron chi connectivity index (χ3n) is 6.38. The molecule has 3 fully saturated rings. The van der Waals surface area contributed by atoms with E-state index in [9.17, 15) is 17.6 Å². The molecule has 32 heavy (non-hydrogen) atoms. The van der Waals surface area contributed by atoms with Gasteiger partial charge < -0.3 is 14.4 Å². The number of rotatable bonds is 5. The topological polar surface area (TPSA) is 79.4 Å². The van der Waals surface area contributed by atoms with Crippen LogP contribution in [-0.4, -0.2) is 99.2 Å². The van der Waals surface area contributed by atoms with E-state index in [-0.39, 0.29) is 41.8 Å². The van der Waals surface area contributed by atoms with Crippen LogP contribution in [0, 0.1) is 5.82 Å². The van der Waals surface area contributed by atoms with Gasteiger partial charge in [-0.05, 0) is 44.9 Å². The van der Waals surface area contributed by atoms with E-state index in [1.807, 2.05) is 13.8 Å². The van der Waals surface area contributed by atoms with Gasteiger partial charge in [-0.2, -0.15) is 4.31 Å². The number of sulfonamides is 1. The number of hydrogen-bond donors (Lipinski definition) is 0. The molecule has 1 amide bonds. The zero-order valence-corrected chi connectivity index (χ0v) is 19.5. The summed E-state index contributed by atoms with van der Waals surface area (Å²) in [5.74, 6) is -1.14. The number of benzene rings is 1. The van der Waals surface area contributed by atoms with Crippen LogP contribution in [0.2, 0.25) is 0 Å². The van der Waals surface area contributed by atoms with Crippen LogP contribution in [0.1, 0.15) is 37.0 Å². The molecule has 1 aromatic carbocycles. The van der Waals surface area contributed by atoms with Crippen molar-refractivity contribution in [3.63, 3.8) is 0 Å². The van der Waals surface area contributed by atoms with Gasteiger partial charge in [-0.15, -0.1) is 0 Å². The maximum Gasteiger partial charge on any atom is 0.257 e. The monoisotopic (exact) mass is 469 g/mol. The molecule has 3 saturated heterocycles. The first-order valence-electron chi connectivity index (χ1n) is 11.3. The number of carbonyl (C=O) groups is 1. The molecule has 3 atom stereocenters. The molecule has 0 aliphatic carbocycles. The number of morpholine rings is 2. The van der Waals surface area contributed by atoms with Crippen LogP contribution in [0.5, 0.6) is 0 Å². The quantitative estimate of drug-likeness (QED) is 0.651. The number of ether oxygens (including phenoxy) is 2. The third-order valence-corrected chi connectivity index (χ3v) is 8.27. The van der Waals surface area contributed by atoms with Crippen LogP contribution in [0.25, 0.3) is 0 Å². The highest BCUT2D eigenvalue weighted by Crippen LogP contribution is 2.26. The highest BCUT2D eigenvalue weighted by molar-refractivity contribution is 7.89. The number of halogens is 1. The minimum atomic E-state index is -3.81. The lowest BCUT2D eigenvalue weighted by atomic mass is 10.1. The van der Waals surface area contributed by atoms with Crippen molar-refractivity contribution in [2.24, 2.45) is 0 Å². The molecule has 0 bridgehead atoms. The van der Waals surface area contributed by atoms with Gasteiger partial charge in [0.2, 0.25) is 10.0 Å². The lowest BCUT2D eigenvalue weighted by Crippen LogP contribution is -2.51. The molecule has 0 saturated carbocycles. The summed E-state index contributed by atoms with van der Waals surface area (Å²) >= 11 is 0. The van der Waals surface area contributed by atoms with Crippen LogP contribution in [0.15, 0.2) is 23.1 Å². The second-order valence-electron chi connectivity index (χ2n) is 8.93. The summed E-state index contributed by atoms with van der Waals surface area (Å²) in [6.45, 7) is 8.04. The number of likely N-dealkylation sites (tertiary alicyclic amines) is 1. The molecule has 0 radical (unpaired) electrons. The van der Waals surface area contributed by atoms with Crippen LogP contribution < -0.4 is 0 Å². The average Bonchev–Trinajstić information content (AvgIpc) is 3.21. The Labute approximate surface area is 189 Å².